The van der Waals surface area contributed by atoms with Gasteiger partial charge in [-0.1, -0.05) is 231 Å². The van der Waals surface area contributed by atoms with E-state index in [9.17, 15) is 20.1 Å². The highest BCUT2D eigenvalue weighted by Gasteiger charge is 2.20. The number of nitrogens with one attached hydrogen (secondary N) is 1. The van der Waals surface area contributed by atoms with Crippen LogP contribution in [0.25, 0.3) is 0 Å². The molecule has 0 saturated carbocycles. The summed E-state index contributed by atoms with van der Waals surface area (Å²) in [7, 11) is 0. The standard InChI is InChI=1S/C45H89NO4/c1-3-5-7-9-11-13-15-16-17-18-19-20-21-22-23-24-25-26-27-28-29-30-32-34-36-38-42(48)40-45(50)46-43(41-47)44(49)39-37-35-33-31-14-12-10-8-6-4-2/h37,39,42-44,47-49H,3-36,38,40-41H2,1-2H3,(H,46,50)/b39-37+. The van der Waals surface area contributed by atoms with Crippen molar-refractivity contribution in [2.75, 3.05) is 6.61 Å². The molecule has 0 rings (SSSR count). The van der Waals surface area contributed by atoms with Crippen LogP contribution in [0.2, 0.25) is 0 Å². The Labute approximate surface area is 312 Å². The molecule has 0 aromatic rings. The molecular formula is C45H89NO4. The zero-order valence-corrected chi connectivity index (χ0v) is 33.8. The lowest BCUT2D eigenvalue weighted by atomic mass is 10.0. The molecule has 0 aliphatic carbocycles. The first-order valence-electron chi connectivity index (χ1n) is 22.5. The number of amides is 1. The van der Waals surface area contributed by atoms with Crippen LogP contribution >= 0.6 is 0 Å². The molecule has 0 fully saturated rings. The highest BCUT2D eigenvalue weighted by Crippen LogP contribution is 2.17. The zero-order valence-electron chi connectivity index (χ0n) is 33.8. The van der Waals surface area contributed by atoms with Crippen molar-refractivity contribution in [2.24, 2.45) is 0 Å². The Balaban J connectivity index is 3.52. The lowest BCUT2D eigenvalue weighted by molar-refractivity contribution is -0.124. The van der Waals surface area contributed by atoms with Crippen LogP contribution in [0.4, 0.5) is 0 Å². The van der Waals surface area contributed by atoms with Crippen LogP contribution in [0.15, 0.2) is 12.2 Å². The average Bonchev–Trinajstić information content (AvgIpc) is 3.11. The van der Waals surface area contributed by atoms with E-state index >= 15 is 0 Å². The normalized spacial score (nSPS) is 13.6. The fourth-order valence-corrected chi connectivity index (χ4v) is 7.11. The van der Waals surface area contributed by atoms with E-state index in [0.29, 0.717) is 6.42 Å². The molecule has 0 spiro atoms. The number of aliphatic hydroxyl groups is 3. The van der Waals surface area contributed by atoms with Crippen molar-refractivity contribution < 1.29 is 20.1 Å². The quantitative estimate of drug-likeness (QED) is 0.0376. The monoisotopic (exact) mass is 708 g/mol. The molecule has 4 N–H and O–H groups in total. The van der Waals surface area contributed by atoms with Crippen LogP contribution < -0.4 is 5.32 Å². The molecule has 0 bridgehead atoms. The van der Waals surface area contributed by atoms with E-state index in [1.54, 1.807) is 6.08 Å². The third-order valence-corrected chi connectivity index (χ3v) is 10.6. The van der Waals surface area contributed by atoms with Crippen molar-refractivity contribution in [3.05, 3.63) is 12.2 Å². The number of allylic oxidation sites excluding steroid dienone is 1. The maximum atomic E-state index is 12.4. The molecular weight excluding hydrogens is 618 g/mol. The van der Waals surface area contributed by atoms with Gasteiger partial charge in [-0.05, 0) is 19.3 Å². The lowest BCUT2D eigenvalue weighted by Gasteiger charge is -2.21. The van der Waals surface area contributed by atoms with Gasteiger partial charge in [-0.3, -0.25) is 4.79 Å². The molecule has 0 aromatic heterocycles. The summed E-state index contributed by atoms with van der Waals surface area (Å²) in [5, 5.41) is 33.1. The molecule has 3 unspecified atom stereocenters. The van der Waals surface area contributed by atoms with Gasteiger partial charge in [0.25, 0.3) is 0 Å². The van der Waals surface area contributed by atoms with Crippen LogP contribution in [-0.2, 0) is 4.79 Å². The van der Waals surface area contributed by atoms with E-state index in [4.69, 9.17) is 0 Å². The fourth-order valence-electron chi connectivity index (χ4n) is 7.11. The van der Waals surface area contributed by atoms with E-state index in [-0.39, 0.29) is 18.9 Å². The molecule has 50 heavy (non-hydrogen) atoms. The molecule has 5 heteroatoms. The van der Waals surface area contributed by atoms with Crippen LogP contribution in [0.1, 0.15) is 245 Å². The summed E-state index contributed by atoms with van der Waals surface area (Å²) in [4.78, 5) is 12.4. The number of carbonyl (C=O) groups excluding carboxylic acids is 1. The number of unbranched alkanes of at least 4 members (excludes halogenated alkanes) is 32. The predicted octanol–water partition coefficient (Wildman–Crippen LogP) is 12.8. The summed E-state index contributed by atoms with van der Waals surface area (Å²) in [6, 6.07) is -0.738. The fraction of sp³-hybridized carbons (Fsp3) is 0.933. The SMILES string of the molecule is CCCCCCCCCC/C=C/C(O)C(CO)NC(=O)CC(O)CCCCCCCCCCCCCCCCCCCCCCCCCCC. The van der Waals surface area contributed by atoms with Crippen molar-refractivity contribution in [1.29, 1.82) is 0 Å². The van der Waals surface area contributed by atoms with E-state index in [1.165, 1.54) is 193 Å². The van der Waals surface area contributed by atoms with Gasteiger partial charge in [-0.15, -0.1) is 0 Å². The molecule has 1 amide bonds. The zero-order chi connectivity index (χ0) is 36.6. The van der Waals surface area contributed by atoms with Gasteiger partial charge in [-0.25, -0.2) is 0 Å². The number of hydrogen-bond donors (Lipinski definition) is 4. The highest BCUT2D eigenvalue weighted by atomic mass is 16.3. The van der Waals surface area contributed by atoms with Crippen LogP contribution in [0.5, 0.6) is 0 Å². The molecule has 0 heterocycles. The van der Waals surface area contributed by atoms with E-state index in [2.05, 4.69) is 19.2 Å². The second kappa shape index (κ2) is 40.9. The molecule has 298 valence electrons. The molecule has 3 atom stereocenters. The average molecular weight is 708 g/mol. The summed E-state index contributed by atoms with van der Waals surface area (Å²) in [5.41, 5.74) is 0. The van der Waals surface area contributed by atoms with Gasteiger partial charge in [0, 0.05) is 0 Å². The summed E-state index contributed by atoms with van der Waals surface area (Å²) >= 11 is 0. The van der Waals surface area contributed by atoms with Crippen LogP contribution in [-0.4, -0.2) is 46.1 Å². The summed E-state index contributed by atoms with van der Waals surface area (Å²) in [6.45, 7) is 4.20. The number of aliphatic hydroxyl groups excluding tert-OH is 3. The smallest absolute Gasteiger partial charge is 0.222 e. The van der Waals surface area contributed by atoms with Gasteiger partial charge in [-0.2, -0.15) is 0 Å². The minimum Gasteiger partial charge on any atom is -0.394 e. The first kappa shape index (κ1) is 49.1. The second-order valence-corrected chi connectivity index (χ2v) is 15.7. The Morgan fingerprint density at radius 1 is 0.500 bits per heavy atom. The van der Waals surface area contributed by atoms with Crippen molar-refractivity contribution in [1.82, 2.24) is 5.32 Å². The number of carbonyl (C=O) groups is 1. The van der Waals surface area contributed by atoms with Gasteiger partial charge in [0.05, 0.1) is 31.3 Å². The van der Waals surface area contributed by atoms with Crippen molar-refractivity contribution in [3.8, 4) is 0 Å². The van der Waals surface area contributed by atoms with E-state index in [0.717, 1.165) is 25.7 Å². The van der Waals surface area contributed by atoms with Crippen molar-refractivity contribution >= 4 is 5.91 Å². The van der Waals surface area contributed by atoms with Gasteiger partial charge >= 0.3 is 0 Å². The van der Waals surface area contributed by atoms with E-state index in [1.807, 2.05) is 6.08 Å². The maximum absolute atomic E-state index is 12.4. The van der Waals surface area contributed by atoms with Crippen molar-refractivity contribution in [2.45, 2.75) is 263 Å². The molecule has 0 aliphatic rings. The molecule has 0 aliphatic heterocycles. The van der Waals surface area contributed by atoms with Crippen LogP contribution in [0, 0.1) is 0 Å². The third kappa shape index (κ3) is 36.9. The summed E-state index contributed by atoms with van der Waals surface area (Å²) < 4.78 is 0. The second-order valence-electron chi connectivity index (χ2n) is 15.7. The Bertz CT molecular complexity index is 699. The first-order chi connectivity index (χ1) is 24.5. The lowest BCUT2D eigenvalue weighted by Crippen LogP contribution is -2.45. The largest absolute Gasteiger partial charge is 0.394 e. The molecule has 0 aromatic carbocycles. The Hall–Kier alpha value is -0.910. The van der Waals surface area contributed by atoms with Crippen LogP contribution in [0.3, 0.4) is 0 Å². The molecule has 5 nitrogen and oxygen atoms in total. The first-order valence-corrected chi connectivity index (χ1v) is 22.5. The predicted molar refractivity (Wildman–Crippen MR) is 218 cm³/mol. The summed E-state index contributed by atoms with van der Waals surface area (Å²) in [5.74, 6) is -0.313. The Kier molecular flexibility index (Phi) is 40.1. The summed E-state index contributed by atoms with van der Waals surface area (Å²) in [6.07, 6.45) is 48.0. The van der Waals surface area contributed by atoms with Gasteiger partial charge in [0.1, 0.15) is 0 Å². The van der Waals surface area contributed by atoms with Gasteiger partial charge in [0.15, 0.2) is 0 Å². The molecule has 0 radical (unpaired) electrons. The third-order valence-electron chi connectivity index (χ3n) is 10.6. The number of hydrogen-bond acceptors (Lipinski definition) is 4. The van der Waals surface area contributed by atoms with Crippen molar-refractivity contribution in [3.63, 3.8) is 0 Å². The number of rotatable bonds is 41. The highest BCUT2D eigenvalue weighted by molar-refractivity contribution is 5.76. The minimum atomic E-state index is -0.922. The Morgan fingerprint density at radius 3 is 1.16 bits per heavy atom. The van der Waals surface area contributed by atoms with Gasteiger partial charge < -0.3 is 20.6 Å². The van der Waals surface area contributed by atoms with Gasteiger partial charge in [0.2, 0.25) is 5.91 Å². The Morgan fingerprint density at radius 2 is 0.820 bits per heavy atom. The maximum Gasteiger partial charge on any atom is 0.222 e. The molecule has 0 saturated heterocycles. The topological polar surface area (TPSA) is 89.8 Å². The minimum absolute atomic E-state index is 0.0184. The van der Waals surface area contributed by atoms with E-state index < -0.39 is 18.2 Å².